The Morgan fingerprint density at radius 1 is 1.48 bits per heavy atom. The fourth-order valence-electron chi connectivity index (χ4n) is 2.93. The number of benzene rings is 1. The predicted octanol–water partition coefficient (Wildman–Crippen LogP) is 1.37. The molecule has 0 spiro atoms. The number of nitrogens with one attached hydrogen (secondary N) is 1. The first kappa shape index (κ1) is 16.1. The highest BCUT2D eigenvalue weighted by atomic mass is 79.9. The third-order valence-electron chi connectivity index (χ3n) is 4.27. The topological polar surface area (TPSA) is 67.2 Å². The molecule has 1 amide bonds. The zero-order valence-corrected chi connectivity index (χ0v) is 14.5. The van der Waals surface area contributed by atoms with Crippen LogP contribution in [0.2, 0.25) is 0 Å². The van der Waals surface area contributed by atoms with Gasteiger partial charge in [0.15, 0.2) is 0 Å². The van der Waals surface area contributed by atoms with Crippen molar-refractivity contribution >= 4 is 32.7 Å². The first-order valence-corrected chi connectivity index (χ1v) is 8.47. The lowest BCUT2D eigenvalue weighted by Gasteiger charge is -2.32. The molecule has 2 aromatic rings. The second kappa shape index (κ2) is 6.80. The number of likely N-dealkylation sites (tertiary alicyclic amines) is 1. The molecule has 6 nitrogen and oxygen atoms in total. The standard InChI is InChI=1S/C16H19BrN4O2/c1-18-12-3-2-6-20(8-12)15(22)9-21-10-19-14-5-4-11(17)7-13(14)16(21)23/h4-5,7,10,12,18H,2-3,6,8-9H2,1H3. The van der Waals surface area contributed by atoms with E-state index in [0.717, 1.165) is 23.9 Å². The van der Waals surface area contributed by atoms with Crippen LogP contribution in [0, 0.1) is 0 Å². The van der Waals surface area contributed by atoms with Gasteiger partial charge in [-0.15, -0.1) is 0 Å². The minimum absolute atomic E-state index is 0.0325. The number of nitrogens with zero attached hydrogens (tertiary/aromatic N) is 3. The number of aromatic nitrogens is 2. The SMILES string of the molecule is CNC1CCCN(C(=O)Cn2cnc3ccc(Br)cc3c2=O)C1. The molecule has 2 heterocycles. The number of rotatable bonds is 3. The van der Waals surface area contributed by atoms with Crippen molar-refractivity contribution < 1.29 is 4.79 Å². The fourth-order valence-corrected chi connectivity index (χ4v) is 3.29. The third-order valence-corrected chi connectivity index (χ3v) is 4.77. The van der Waals surface area contributed by atoms with Gasteiger partial charge in [-0.05, 0) is 38.1 Å². The number of amides is 1. The van der Waals surface area contributed by atoms with Crippen molar-refractivity contribution in [1.82, 2.24) is 19.8 Å². The smallest absolute Gasteiger partial charge is 0.261 e. The van der Waals surface area contributed by atoms with E-state index in [9.17, 15) is 9.59 Å². The summed E-state index contributed by atoms with van der Waals surface area (Å²) in [4.78, 5) is 31.1. The summed E-state index contributed by atoms with van der Waals surface area (Å²) in [6, 6.07) is 5.70. The monoisotopic (exact) mass is 378 g/mol. The molecule has 0 bridgehead atoms. The molecular weight excluding hydrogens is 360 g/mol. The van der Waals surface area contributed by atoms with Crippen LogP contribution in [-0.4, -0.2) is 46.5 Å². The van der Waals surface area contributed by atoms with Crippen molar-refractivity contribution in [3.8, 4) is 0 Å². The van der Waals surface area contributed by atoms with Crippen LogP contribution in [0.4, 0.5) is 0 Å². The van der Waals surface area contributed by atoms with Gasteiger partial charge in [-0.3, -0.25) is 14.2 Å². The molecule has 1 atom stereocenters. The lowest BCUT2D eigenvalue weighted by atomic mass is 10.1. The van der Waals surface area contributed by atoms with Crippen LogP contribution in [0.5, 0.6) is 0 Å². The van der Waals surface area contributed by atoms with Crippen LogP contribution in [0.15, 0.2) is 33.8 Å². The van der Waals surface area contributed by atoms with Crippen molar-refractivity contribution in [2.75, 3.05) is 20.1 Å². The van der Waals surface area contributed by atoms with Gasteiger partial charge in [0, 0.05) is 23.6 Å². The van der Waals surface area contributed by atoms with E-state index in [-0.39, 0.29) is 18.0 Å². The van der Waals surface area contributed by atoms with Crippen molar-refractivity contribution in [2.45, 2.75) is 25.4 Å². The Hall–Kier alpha value is -1.73. The molecule has 1 aliphatic rings. The summed E-state index contributed by atoms with van der Waals surface area (Å²) in [5, 5.41) is 3.73. The van der Waals surface area contributed by atoms with Crippen molar-refractivity contribution in [3.63, 3.8) is 0 Å². The highest BCUT2D eigenvalue weighted by Gasteiger charge is 2.23. The maximum atomic E-state index is 12.5. The molecule has 1 saturated heterocycles. The van der Waals surface area contributed by atoms with Crippen LogP contribution >= 0.6 is 15.9 Å². The van der Waals surface area contributed by atoms with E-state index in [4.69, 9.17) is 0 Å². The zero-order chi connectivity index (χ0) is 16.4. The summed E-state index contributed by atoms with van der Waals surface area (Å²) in [6.07, 6.45) is 3.51. The van der Waals surface area contributed by atoms with Crippen LogP contribution in [0.1, 0.15) is 12.8 Å². The fraction of sp³-hybridized carbons (Fsp3) is 0.438. The summed E-state index contributed by atoms with van der Waals surface area (Å²) < 4.78 is 2.21. The van der Waals surface area contributed by atoms with Crippen molar-refractivity contribution in [1.29, 1.82) is 0 Å². The molecular formula is C16H19BrN4O2. The molecule has 1 aromatic carbocycles. The maximum Gasteiger partial charge on any atom is 0.261 e. The number of hydrogen-bond acceptors (Lipinski definition) is 4. The number of halogens is 1. The Labute approximate surface area is 142 Å². The van der Waals surface area contributed by atoms with Gasteiger partial charge in [-0.1, -0.05) is 15.9 Å². The molecule has 0 radical (unpaired) electrons. The van der Waals surface area contributed by atoms with E-state index in [1.54, 1.807) is 12.1 Å². The molecule has 7 heteroatoms. The molecule has 3 rings (SSSR count). The van der Waals surface area contributed by atoms with E-state index < -0.39 is 0 Å². The van der Waals surface area contributed by atoms with Gasteiger partial charge in [0.2, 0.25) is 5.91 Å². The number of carbonyl (C=O) groups is 1. The van der Waals surface area contributed by atoms with Crippen molar-refractivity contribution in [2.24, 2.45) is 0 Å². The molecule has 0 aliphatic carbocycles. The van der Waals surface area contributed by atoms with Crippen LogP contribution in [0.3, 0.4) is 0 Å². The Morgan fingerprint density at radius 2 is 2.30 bits per heavy atom. The second-order valence-electron chi connectivity index (χ2n) is 5.81. The largest absolute Gasteiger partial charge is 0.340 e. The average Bonchev–Trinajstić information content (AvgIpc) is 2.58. The molecule has 1 fully saturated rings. The molecule has 0 saturated carbocycles. The number of piperidine rings is 1. The van der Waals surface area contributed by atoms with Crippen LogP contribution in [-0.2, 0) is 11.3 Å². The lowest BCUT2D eigenvalue weighted by Crippen LogP contribution is -2.48. The van der Waals surface area contributed by atoms with Crippen molar-refractivity contribution in [3.05, 3.63) is 39.4 Å². The summed E-state index contributed by atoms with van der Waals surface area (Å²) in [7, 11) is 1.91. The number of likely N-dealkylation sites (N-methyl/N-ethyl adjacent to an activating group) is 1. The highest BCUT2D eigenvalue weighted by molar-refractivity contribution is 9.10. The summed E-state index contributed by atoms with van der Waals surface area (Å²) in [5.74, 6) is -0.0387. The Kier molecular flexibility index (Phi) is 4.77. The normalized spacial score (nSPS) is 18.3. The van der Waals surface area contributed by atoms with Gasteiger partial charge in [0.05, 0.1) is 17.2 Å². The second-order valence-corrected chi connectivity index (χ2v) is 6.72. The molecule has 1 unspecified atom stereocenters. The first-order chi connectivity index (χ1) is 11.1. The predicted molar refractivity (Wildman–Crippen MR) is 92.4 cm³/mol. The Morgan fingerprint density at radius 3 is 3.09 bits per heavy atom. The minimum atomic E-state index is -0.188. The number of fused-ring (bicyclic) bond motifs is 1. The number of hydrogen-bond donors (Lipinski definition) is 1. The Balaban J connectivity index is 1.82. The highest BCUT2D eigenvalue weighted by Crippen LogP contribution is 2.15. The summed E-state index contributed by atoms with van der Waals surface area (Å²) >= 11 is 3.36. The van der Waals surface area contributed by atoms with Gasteiger partial charge in [-0.2, -0.15) is 0 Å². The van der Waals surface area contributed by atoms with E-state index in [2.05, 4.69) is 26.2 Å². The maximum absolute atomic E-state index is 12.5. The molecule has 1 aromatic heterocycles. The minimum Gasteiger partial charge on any atom is -0.340 e. The third kappa shape index (κ3) is 3.45. The average molecular weight is 379 g/mol. The van der Waals surface area contributed by atoms with Crippen LogP contribution in [0.25, 0.3) is 10.9 Å². The number of carbonyl (C=O) groups excluding carboxylic acids is 1. The zero-order valence-electron chi connectivity index (χ0n) is 13.0. The van der Waals surface area contributed by atoms with E-state index in [0.29, 0.717) is 23.5 Å². The van der Waals surface area contributed by atoms with Crippen LogP contribution < -0.4 is 10.9 Å². The lowest BCUT2D eigenvalue weighted by molar-refractivity contribution is -0.133. The quantitative estimate of drug-likeness (QED) is 0.875. The summed E-state index contributed by atoms with van der Waals surface area (Å²) in [5.41, 5.74) is 0.446. The van der Waals surface area contributed by atoms with Gasteiger partial charge < -0.3 is 10.2 Å². The molecule has 23 heavy (non-hydrogen) atoms. The molecule has 1 N–H and O–H groups in total. The molecule has 122 valence electrons. The van der Waals surface area contributed by atoms with Gasteiger partial charge in [0.25, 0.3) is 5.56 Å². The molecule has 1 aliphatic heterocycles. The van der Waals surface area contributed by atoms with E-state index in [1.165, 1.54) is 10.9 Å². The van der Waals surface area contributed by atoms with E-state index >= 15 is 0 Å². The first-order valence-electron chi connectivity index (χ1n) is 7.68. The Bertz CT molecular complexity index is 789. The van der Waals surface area contributed by atoms with E-state index in [1.807, 2.05) is 18.0 Å². The van der Waals surface area contributed by atoms with Gasteiger partial charge >= 0.3 is 0 Å². The summed E-state index contributed by atoms with van der Waals surface area (Å²) in [6.45, 7) is 1.47. The van der Waals surface area contributed by atoms with Gasteiger partial charge in [-0.25, -0.2) is 4.98 Å². The van der Waals surface area contributed by atoms with Gasteiger partial charge in [0.1, 0.15) is 6.54 Å².